The highest BCUT2D eigenvalue weighted by atomic mass is 35.5. The monoisotopic (exact) mass is 358 g/mol. The van der Waals surface area contributed by atoms with Gasteiger partial charge in [0.25, 0.3) is 5.69 Å². The van der Waals surface area contributed by atoms with Crippen LogP contribution in [0.1, 0.15) is 11.1 Å². The molecule has 2 aromatic carbocycles. The predicted octanol–water partition coefficient (Wildman–Crippen LogP) is 4.02. The van der Waals surface area contributed by atoms with Crippen molar-refractivity contribution in [2.45, 2.75) is 6.92 Å². The number of nitrogens with one attached hydrogen (secondary N) is 1. The van der Waals surface area contributed by atoms with Gasteiger partial charge in [0.1, 0.15) is 11.6 Å². The zero-order chi connectivity index (χ0) is 17.1. The molecule has 0 spiro atoms. The maximum absolute atomic E-state index is 10.8. The van der Waals surface area contributed by atoms with E-state index in [9.17, 15) is 15.2 Å². The minimum absolute atomic E-state index is 0. The van der Waals surface area contributed by atoms with Crippen LogP contribution in [0.25, 0.3) is 10.9 Å². The number of para-hydroxylation sites is 1. The first-order valence-corrected chi connectivity index (χ1v) is 7.17. The van der Waals surface area contributed by atoms with Gasteiger partial charge in [-0.2, -0.15) is 5.10 Å². The van der Waals surface area contributed by atoms with Gasteiger partial charge in [-0.3, -0.25) is 15.5 Å². The highest BCUT2D eigenvalue weighted by Crippen LogP contribution is 2.22. The maximum atomic E-state index is 10.8. The van der Waals surface area contributed by atoms with Crippen LogP contribution in [0.2, 0.25) is 0 Å². The van der Waals surface area contributed by atoms with Crippen molar-refractivity contribution in [1.82, 2.24) is 4.98 Å². The second-order valence-electron chi connectivity index (χ2n) is 5.21. The summed E-state index contributed by atoms with van der Waals surface area (Å²) in [5.41, 5.74) is 4.80. The van der Waals surface area contributed by atoms with Crippen LogP contribution in [-0.2, 0) is 0 Å². The van der Waals surface area contributed by atoms with Crippen LogP contribution in [0.3, 0.4) is 0 Å². The molecule has 0 saturated heterocycles. The summed E-state index contributed by atoms with van der Waals surface area (Å²) in [5.74, 6) is 0.459. The Morgan fingerprint density at radius 3 is 2.76 bits per heavy atom. The summed E-state index contributed by atoms with van der Waals surface area (Å²) in [7, 11) is 0. The Labute approximate surface area is 149 Å². The van der Waals surface area contributed by atoms with Gasteiger partial charge >= 0.3 is 0 Å². The van der Waals surface area contributed by atoms with E-state index in [1.165, 1.54) is 24.4 Å². The van der Waals surface area contributed by atoms with Gasteiger partial charge in [0.15, 0.2) is 0 Å². The number of aromatic hydroxyl groups is 1. The molecule has 0 unspecified atom stereocenters. The second-order valence-corrected chi connectivity index (χ2v) is 5.21. The topological polar surface area (TPSA) is 101 Å². The van der Waals surface area contributed by atoms with Gasteiger partial charge in [-0.1, -0.05) is 18.2 Å². The molecular formula is C17H15ClN4O3. The van der Waals surface area contributed by atoms with Crippen molar-refractivity contribution >= 4 is 41.0 Å². The summed E-state index contributed by atoms with van der Waals surface area (Å²) in [6, 6.07) is 13.4. The predicted molar refractivity (Wildman–Crippen MR) is 99.7 cm³/mol. The van der Waals surface area contributed by atoms with Crippen molar-refractivity contribution < 1.29 is 10.0 Å². The molecule has 0 aliphatic carbocycles. The van der Waals surface area contributed by atoms with E-state index < -0.39 is 4.92 Å². The number of hydrogen-bond donors (Lipinski definition) is 2. The van der Waals surface area contributed by atoms with E-state index >= 15 is 0 Å². The molecule has 0 saturated carbocycles. The number of aryl methyl sites for hydroxylation is 1. The van der Waals surface area contributed by atoms with Crippen molar-refractivity contribution in [1.29, 1.82) is 0 Å². The lowest BCUT2D eigenvalue weighted by atomic mass is 10.1. The molecule has 1 aromatic heterocycles. The molecule has 25 heavy (non-hydrogen) atoms. The zero-order valence-corrected chi connectivity index (χ0v) is 14.0. The van der Waals surface area contributed by atoms with E-state index in [-0.39, 0.29) is 29.4 Å². The molecule has 2 N–H and O–H groups in total. The first-order chi connectivity index (χ1) is 11.5. The highest BCUT2D eigenvalue weighted by Gasteiger charge is 2.08. The van der Waals surface area contributed by atoms with Crippen molar-refractivity contribution in [3.8, 4) is 5.75 Å². The molecule has 0 amide bonds. The number of hydrazone groups is 1. The first kappa shape index (κ1) is 18.2. The molecular weight excluding hydrogens is 344 g/mol. The van der Waals surface area contributed by atoms with Crippen LogP contribution in [0, 0.1) is 17.0 Å². The van der Waals surface area contributed by atoms with Gasteiger partial charge in [-0.05, 0) is 30.7 Å². The van der Waals surface area contributed by atoms with Gasteiger partial charge in [-0.15, -0.1) is 12.4 Å². The van der Waals surface area contributed by atoms with Crippen molar-refractivity contribution in [3.63, 3.8) is 0 Å². The second kappa shape index (κ2) is 7.59. The minimum Gasteiger partial charge on any atom is -0.507 e. The lowest BCUT2D eigenvalue weighted by Crippen LogP contribution is -1.96. The minimum atomic E-state index is -0.529. The fourth-order valence-corrected chi connectivity index (χ4v) is 2.33. The number of nitro groups is 1. The van der Waals surface area contributed by atoms with E-state index in [4.69, 9.17) is 0 Å². The van der Waals surface area contributed by atoms with E-state index in [1.807, 2.05) is 37.3 Å². The Morgan fingerprint density at radius 1 is 1.24 bits per heavy atom. The third-order valence-electron chi connectivity index (χ3n) is 3.53. The Balaban J connectivity index is 0.00000225. The van der Waals surface area contributed by atoms with E-state index in [0.717, 1.165) is 16.5 Å². The fourth-order valence-electron chi connectivity index (χ4n) is 2.33. The van der Waals surface area contributed by atoms with Gasteiger partial charge in [0.05, 0.1) is 16.7 Å². The number of anilines is 1. The molecule has 0 bridgehead atoms. The molecule has 0 radical (unpaired) electrons. The summed E-state index contributed by atoms with van der Waals surface area (Å²) >= 11 is 0. The molecule has 3 aromatic rings. The number of nitro benzene ring substituents is 1. The van der Waals surface area contributed by atoms with Crippen LogP contribution in [-0.4, -0.2) is 21.2 Å². The van der Waals surface area contributed by atoms with Gasteiger partial charge in [-0.25, -0.2) is 4.98 Å². The van der Waals surface area contributed by atoms with Crippen LogP contribution >= 0.6 is 12.4 Å². The summed E-state index contributed by atoms with van der Waals surface area (Å²) in [6.07, 6.45) is 1.31. The lowest BCUT2D eigenvalue weighted by molar-refractivity contribution is -0.384. The quantitative estimate of drug-likeness (QED) is 0.416. The molecule has 0 fully saturated rings. The molecule has 128 valence electrons. The smallest absolute Gasteiger partial charge is 0.270 e. The summed E-state index contributed by atoms with van der Waals surface area (Å²) in [6.45, 7) is 1.98. The normalized spacial score (nSPS) is 10.6. The fraction of sp³-hybridized carbons (Fsp3) is 0.0588. The van der Waals surface area contributed by atoms with E-state index in [1.54, 1.807) is 0 Å². The van der Waals surface area contributed by atoms with E-state index in [2.05, 4.69) is 15.5 Å². The van der Waals surface area contributed by atoms with Crippen LogP contribution < -0.4 is 5.43 Å². The molecule has 8 heteroatoms. The van der Waals surface area contributed by atoms with Crippen molar-refractivity contribution in [3.05, 3.63) is 69.8 Å². The number of phenolic OH excluding ortho intramolecular Hbond substituents is 1. The number of nitrogens with zero attached hydrogens (tertiary/aromatic N) is 3. The number of phenols is 1. The summed E-state index contributed by atoms with van der Waals surface area (Å²) in [5, 5.41) is 25.6. The molecule has 0 aliphatic rings. The summed E-state index contributed by atoms with van der Waals surface area (Å²) in [4.78, 5) is 14.7. The Bertz CT molecular complexity index is 960. The average Bonchev–Trinajstić information content (AvgIpc) is 2.56. The highest BCUT2D eigenvalue weighted by molar-refractivity contribution is 5.86. The Morgan fingerprint density at radius 2 is 2.00 bits per heavy atom. The third-order valence-corrected chi connectivity index (χ3v) is 3.53. The number of fused-ring (bicyclic) bond motifs is 1. The van der Waals surface area contributed by atoms with Crippen LogP contribution in [0.15, 0.2) is 53.6 Å². The lowest BCUT2D eigenvalue weighted by Gasteiger charge is -2.05. The Hall–Kier alpha value is -3.19. The number of pyridine rings is 1. The molecule has 3 rings (SSSR count). The standard InChI is InChI=1S/C17H14N4O3.ClH/c1-11-8-17(19-15-5-3-2-4-14(11)15)20-18-10-12-9-13(21(23)24)6-7-16(12)22;/h2-10,22H,1H3,(H,19,20);1H. The first-order valence-electron chi connectivity index (χ1n) is 7.17. The number of hydrogen-bond acceptors (Lipinski definition) is 6. The number of benzene rings is 2. The zero-order valence-electron chi connectivity index (χ0n) is 13.2. The SMILES string of the molecule is Cc1cc(NN=Cc2cc([N+](=O)[O-])ccc2O)nc2ccccc12.Cl. The van der Waals surface area contributed by atoms with Crippen molar-refractivity contribution in [2.24, 2.45) is 5.10 Å². The number of non-ortho nitro benzene ring substituents is 1. The molecule has 0 atom stereocenters. The number of halogens is 1. The molecule has 7 nitrogen and oxygen atoms in total. The summed E-state index contributed by atoms with van der Waals surface area (Å²) < 4.78 is 0. The number of aromatic nitrogens is 1. The molecule has 1 heterocycles. The largest absolute Gasteiger partial charge is 0.507 e. The van der Waals surface area contributed by atoms with Crippen LogP contribution in [0.4, 0.5) is 11.5 Å². The van der Waals surface area contributed by atoms with Crippen LogP contribution in [0.5, 0.6) is 5.75 Å². The third kappa shape index (κ3) is 4.02. The maximum Gasteiger partial charge on any atom is 0.270 e. The molecule has 0 aliphatic heterocycles. The number of rotatable bonds is 4. The van der Waals surface area contributed by atoms with Crippen molar-refractivity contribution in [2.75, 3.05) is 5.43 Å². The van der Waals surface area contributed by atoms with Gasteiger partial charge < -0.3 is 5.11 Å². The Kier molecular flexibility index (Phi) is 5.51. The average molecular weight is 359 g/mol. The van der Waals surface area contributed by atoms with Gasteiger partial charge in [0.2, 0.25) is 0 Å². The van der Waals surface area contributed by atoms with E-state index in [0.29, 0.717) is 5.82 Å². The van der Waals surface area contributed by atoms with Gasteiger partial charge in [0, 0.05) is 23.1 Å².